The van der Waals surface area contributed by atoms with E-state index in [1.807, 2.05) is 12.3 Å². The minimum absolute atomic E-state index is 0.116. The van der Waals surface area contributed by atoms with Gasteiger partial charge in [0, 0.05) is 16.5 Å². The van der Waals surface area contributed by atoms with E-state index in [1.165, 1.54) is 16.7 Å². The SMILES string of the molecule is Cc1csc(CNC(=O)c2nc(C(=O)O)cs2)n1. The van der Waals surface area contributed by atoms with Crippen molar-refractivity contribution in [2.45, 2.75) is 13.5 Å². The zero-order chi connectivity index (χ0) is 13.1. The molecule has 0 aliphatic heterocycles. The third kappa shape index (κ3) is 2.90. The fourth-order valence-corrected chi connectivity index (χ4v) is 2.61. The summed E-state index contributed by atoms with van der Waals surface area (Å²) in [6.07, 6.45) is 0. The summed E-state index contributed by atoms with van der Waals surface area (Å²) in [5.74, 6) is -1.53. The Labute approximate surface area is 110 Å². The van der Waals surface area contributed by atoms with Crippen LogP contribution >= 0.6 is 22.7 Å². The number of nitrogens with one attached hydrogen (secondary N) is 1. The summed E-state index contributed by atoms with van der Waals surface area (Å²) in [6.45, 7) is 2.20. The molecule has 0 unspecified atom stereocenters. The van der Waals surface area contributed by atoms with E-state index in [-0.39, 0.29) is 16.6 Å². The van der Waals surface area contributed by atoms with E-state index < -0.39 is 5.97 Å². The van der Waals surface area contributed by atoms with Crippen LogP contribution in [0.4, 0.5) is 0 Å². The van der Waals surface area contributed by atoms with Gasteiger partial charge in [-0.15, -0.1) is 22.7 Å². The Hall–Kier alpha value is -1.80. The largest absolute Gasteiger partial charge is 0.476 e. The molecule has 0 saturated heterocycles. The van der Waals surface area contributed by atoms with Crippen LogP contribution in [0.5, 0.6) is 0 Å². The molecule has 8 heteroatoms. The van der Waals surface area contributed by atoms with Gasteiger partial charge in [-0.25, -0.2) is 14.8 Å². The van der Waals surface area contributed by atoms with E-state index in [0.29, 0.717) is 6.54 Å². The molecule has 2 aromatic rings. The summed E-state index contributed by atoms with van der Waals surface area (Å²) >= 11 is 2.47. The van der Waals surface area contributed by atoms with Gasteiger partial charge in [0.15, 0.2) is 10.7 Å². The van der Waals surface area contributed by atoms with Crippen LogP contribution in [0.2, 0.25) is 0 Å². The monoisotopic (exact) mass is 283 g/mol. The topological polar surface area (TPSA) is 92.2 Å². The normalized spacial score (nSPS) is 10.3. The first-order chi connectivity index (χ1) is 8.56. The number of aromatic carboxylic acids is 1. The quantitative estimate of drug-likeness (QED) is 0.888. The summed E-state index contributed by atoms with van der Waals surface area (Å²) in [7, 11) is 0. The van der Waals surface area contributed by atoms with Crippen LogP contribution in [0.25, 0.3) is 0 Å². The van der Waals surface area contributed by atoms with E-state index in [4.69, 9.17) is 5.11 Å². The number of aromatic nitrogens is 2. The molecule has 2 rings (SSSR count). The maximum Gasteiger partial charge on any atom is 0.355 e. The van der Waals surface area contributed by atoms with Gasteiger partial charge in [0.2, 0.25) is 0 Å². The molecule has 0 aromatic carbocycles. The minimum Gasteiger partial charge on any atom is -0.476 e. The molecular weight excluding hydrogens is 274 g/mol. The number of hydrogen-bond acceptors (Lipinski definition) is 6. The molecule has 18 heavy (non-hydrogen) atoms. The molecule has 2 heterocycles. The van der Waals surface area contributed by atoms with Crippen LogP contribution in [0.1, 0.15) is 31.0 Å². The van der Waals surface area contributed by atoms with Gasteiger partial charge in [-0.05, 0) is 6.92 Å². The lowest BCUT2D eigenvalue weighted by molar-refractivity contribution is 0.0691. The molecule has 2 aromatic heterocycles. The van der Waals surface area contributed by atoms with Crippen LogP contribution in [-0.4, -0.2) is 27.0 Å². The van der Waals surface area contributed by atoms with Crippen molar-refractivity contribution < 1.29 is 14.7 Å². The Morgan fingerprint density at radius 3 is 2.67 bits per heavy atom. The van der Waals surface area contributed by atoms with Gasteiger partial charge >= 0.3 is 5.97 Å². The van der Waals surface area contributed by atoms with Gasteiger partial charge in [-0.3, -0.25) is 4.79 Å². The number of aryl methyl sites for hydroxylation is 1. The van der Waals surface area contributed by atoms with E-state index in [0.717, 1.165) is 22.0 Å². The number of carbonyl (C=O) groups excluding carboxylic acids is 1. The van der Waals surface area contributed by atoms with Crippen molar-refractivity contribution in [1.29, 1.82) is 0 Å². The van der Waals surface area contributed by atoms with Gasteiger partial charge in [-0.1, -0.05) is 0 Å². The predicted molar refractivity (Wildman–Crippen MR) is 67.1 cm³/mol. The highest BCUT2D eigenvalue weighted by molar-refractivity contribution is 7.12. The zero-order valence-corrected chi connectivity index (χ0v) is 11.0. The lowest BCUT2D eigenvalue weighted by Gasteiger charge is -1.98. The first kappa shape index (κ1) is 12.7. The number of hydrogen-bond donors (Lipinski definition) is 2. The molecule has 0 fully saturated rings. The average Bonchev–Trinajstić information content (AvgIpc) is 2.94. The second-order valence-corrected chi connectivity index (χ2v) is 5.21. The molecule has 0 aliphatic carbocycles. The highest BCUT2D eigenvalue weighted by atomic mass is 32.1. The van der Waals surface area contributed by atoms with Gasteiger partial charge in [0.25, 0.3) is 5.91 Å². The molecule has 0 aliphatic rings. The van der Waals surface area contributed by atoms with Crippen molar-refractivity contribution >= 4 is 34.6 Å². The lowest BCUT2D eigenvalue weighted by Crippen LogP contribution is -2.22. The van der Waals surface area contributed by atoms with Crippen molar-refractivity contribution in [3.05, 3.63) is 32.2 Å². The van der Waals surface area contributed by atoms with Crippen molar-refractivity contribution in [2.24, 2.45) is 0 Å². The van der Waals surface area contributed by atoms with Crippen molar-refractivity contribution in [1.82, 2.24) is 15.3 Å². The van der Waals surface area contributed by atoms with Crippen LogP contribution in [-0.2, 0) is 6.54 Å². The number of carboxylic acids is 1. The van der Waals surface area contributed by atoms with E-state index >= 15 is 0 Å². The van der Waals surface area contributed by atoms with Crippen LogP contribution in [0.15, 0.2) is 10.8 Å². The highest BCUT2D eigenvalue weighted by Gasteiger charge is 2.14. The number of nitrogens with zero attached hydrogens (tertiary/aromatic N) is 2. The molecule has 2 N–H and O–H groups in total. The van der Waals surface area contributed by atoms with E-state index in [1.54, 1.807) is 0 Å². The Morgan fingerprint density at radius 1 is 1.33 bits per heavy atom. The molecular formula is C10H9N3O3S2. The number of amides is 1. The molecule has 0 saturated carbocycles. The summed E-state index contributed by atoms with van der Waals surface area (Å²) < 4.78 is 0. The molecule has 6 nitrogen and oxygen atoms in total. The van der Waals surface area contributed by atoms with Gasteiger partial charge in [0.05, 0.1) is 6.54 Å². The Kier molecular flexibility index (Phi) is 3.68. The first-order valence-corrected chi connectivity index (χ1v) is 6.70. The molecule has 0 radical (unpaired) electrons. The number of carbonyl (C=O) groups is 2. The number of thiazole rings is 2. The average molecular weight is 283 g/mol. The fraction of sp³-hybridized carbons (Fsp3) is 0.200. The summed E-state index contributed by atoms with van der Waals surface area (Å²) in [5, 5.41) is 15.5. The van der Waals surface area contributed by atoms with Gasteiger partial charge in [0.1, 0.15) is 5.01 Å². The molecule has 0 bridgehead atoms. The molecule has 0 atom stereocenters. The first-order valence-electron chi connectivity index (χ1n) is 4.94. The van der Waals surface area contributed by atoms with E-state index in [2.05, 4.69) is 15.3 Å². The smallest absolute Gasteiger partial charge is 0.355 e. The third-order valence-electron chi connectivity index (χ3n) is 1.98. The minimum atomic E-state index is -1.14. The fourth-order valence-electron chi connectivity index (χ4n) is 1.19. The third-order valence-corrected chi connectivity index (χ3v) is 3.79. The van der Waals surface area contributed by atoms with Crippen LogP contribution < -0.4 is 5.32 Å². The highest BCUT2D eigenvalue weighted by Crippen LogP contribution is 2.11. The summed E-state index contributed by atoms with van der Waals surface area (Å²) in [6, 6.07) is 0. The van der Waals surface area contributed by atoms with Crippen LogP contribution in [0, 0.1) is 6.92 Å². The molecule has 94 valence electrons. The Morgan fingerprint density at radius 2 is 2.11 bits per heavy atom. The van der Waals surface area contributed by atoms with Gasteiger partial charge < -0.3 is 10.4 Å². The van der Waals surface area contributed by atoms with Crippen molar-refractivity contribution in [3.8, 4) is 0 Å². The molecule has 1 amide bonds. The molecule has 0 spiro atoms. The predicted octanol–water partition coefficient (Wildman–Crippen LogP) is 1.54. The van der Waals surface area contributed by atoms with Gasteiger partial charge in [-0.2, -0.15) is 0 Å². The zero-order valence-electron chi connectivity index (χ0n) is 9.34. The van der Waals surface area contributed by atoms with Crippen LogP contribution in [0.3, 0.4) is 0 Å². The second-order valence-electron chi connectivity index (χ2n) is 3.41. The lowest BCUT2D eigenvalue weighted by atomic mass is 10.5. The summed E-state index contributed by atoms with van der Waals surface area (Å²) in [4.78, 5) is 30.2. The van der Waals surface area contributed by atoms with E-state index in [9.17, 15) is 9.59 Å². The summed E-state index contributed by atoms with van der Waals surface area (Å²) in [5.41, 5.74) is 0.793. The Balaban J connectivity index is 1.97. The maximum absolute atomic E-state index is 11.7. The second kappa shape index (κ2) is 5.23. The number of rotatable bonds is 4. The number of carboxylic acid groups (broad SMARTS) is 1. The standard InChI is InChI=1S/C10H9N3O3S2/c1-5-3-17-7(12-5)2-11-8(14)9-13-6(4-18-9)10(15)16/h3-4H,2H2,1H3,(H,11,14)(H,15,16). The van der Waals surface area contributed by atoms with Crippen molar-refractivity contribution in [2.75, 3.05) is 0 Å². The maximum atomic E-state index is 11.7. The van der Waals surface area contributed by atoms with Crippen molar-refractivity contribution in [3.63, 3.8) is 0 Å². The Bertz CT molecular complexity index is 591.